The molecule has 0 radical (unpaired) electrons. The number of rotatable bonds is 6. The van der Waals surface area contributed by atoms with Crippen molar-refractivity contribution in [1.29, 1.82) is 0 Å². The lowest BCUT2D eigenvalue weighted by molar-refractivity contribution is 0.0663. The smallest absolute Gasteiger partial charge is 0.123 e. The van der Waals surface area contributed by atoms with Crippen LogP contribution in [0.25, 0.3) is 0 Å². The van der Waals surface area contributed by atoms with Crippen LogP contribution < -0.4 is 9.64 Å². The number of hydrogen-bond donors (Lipinski definition) is 1. The Morgan fingerprint density at radius 2 is 1.70 bits per heavy atom. The Hall–Kier alpha value is -2.11. The number of aliphatic hydroxyl groups is 1. The molecule has 0 aromatic heterocycles. The van der Waals surface area contributed by atoms with Crippen LogP contribution in [0.5, 0.6) is 5.75 Å². The van der Waals surface area contributed by atoms with Gasteiger partial charge in [-0.25, -0.2) is 4.39 Å². The fraction of sp³-hybridized carbons (Fsp3) is 0.455. The first kappa shape index (κ1) is 18.3. The van der Waals surface area contributed by atoms with Gasteiger partial charge in [-0.05, 0) is 66.8 Å². The molecule has 144 valence electrons. The third-order valence-electron chi connectivity index (χ3n) is 5.55. The summed E-state index contributed by atoms with van der Waals surface area (Å²) in [5, 5.41) is 10.3. The number of anilines is 1. The Morgan fingerprint density at radius 1 is 0.963 bits per heavy atom. The van der Waals surface area contributed by atoms with Gasteiger partial charge in [0.15, 0.2) is 0 Å². The topological polar surface area (TPSA) is 35.9 Å². The number of fused-ring (bicyclic) bond motifs is 1. The van der Waals surface area contributed by atoms with Crippen molar-refractivity contribution < 1.29 is 14.2 Å². The number of hydrogen-bond acceptors (Lipinski definition) is 4. The maximum Gasteiger partial charge on any atom is 0.123 e. The lowest BCUT2D eigenvalue weighted by Crippen LogP contribution is -2.49. The molecule has 0 amide bonds. The Labute approximate surface area is 160 Å². The molecule has 1 atom stereocenters. The Bertz CT molecular complexity index is 757. The zero-order valence-corrected chi connectivity index (χ0v) is 15.6. The number of β-amino-alcohol motifs (C(OH)–C–C–N with tert-alkyl or cyclic N) is 1. The average molecular weight is 370 g/mol. The van der Waals surface area contributed by atoms with Crippen LogP contribution >= 0.6 is 0 Å². The van der Waals surface area contributed by atoms with Gasteiger partial charge < -0.3 is 14.7 Å². The molecule has 0 unspecified atom stereocenters. The van der Waals surface area contributed by atoms with Crippen LogP contribution in [0, 0.1) is 5.82 Å². The van der Waals surface area contributed by atoms with Crippen LogP contribution in [0.2, 0.25) is 0 Å². The summed E-state index contributed by atoms with van der Waals surface area (Å²) in [6.07, 6.45) is 3.02. The van der Waals surface area contributed by atoms with Gasteiger partial charge in [0, 0.05) is 38.4 Å². The quantitative estimate of drug-likeness (QED) is 0.848. The molecular formula is C22H27FN2O2. The molecule has 5 heteroatoms. The number of aliphatic hydroxyl groups excluding tert-OH is 1. The summed E-state index contributed by atoms with van der Waals surface area (Å²) in [5.41, 5.74) is 3.87. The molecule has 2 aromatic carbocycles. The summed E-state index contributed by atoms with van der Waals surface area (Å²) in [6.45, 7) is 4.45. The van der Waals surface area contributed by atoms with Crippen molar-refractivity contribution in [3.05, 3.63) is 59.4 Å². The minimum absolute atomic E-state index is 0.205. The largest absolute Gasteiger partial charge is 0.491 e. The molecular weight excluding hydrogens is 343 g/mol. The van der Waals surface area contributed by atoms with E-state index >= 15 is 0 Å². The minimum atomic E-state index is -0.504. The van der Waals surface area contributed by atoms with Crippen LogP contribution in [-0.4, -0.2) is 55.4 Å². The molecule has 27 heavy (non-hydrogen) atoms. The Kier molecular flexibility index (Phi) is 5.60. The first-order chi connectivity index (χ1) is 13.2. The number of benzene rings is 2. The van der Waals surface area contributed by atoms with Gasteiger partial charge in [0.05, 0.1) is 0 Å². The highest BCUT2D eigenvalue weighted by molar-refractivity contribution is 5.46. The van der Waals surface area contributed by atoms with Crippen LogP contribution in [0.4, 0.5) is 10.1 Å². The van der Waals surface area contributed by atoms with E-state index < -0.39 is 6.10 Å². The molecule has 0 bridgehead atoms. The lowest BCUT2D eigenvalue weighted by atomic mass is 10.1. The van der Waals surface area contributed by atoms with E-state index in [9.17, 15) is 9.50 Å². The zero-order chi connectivity index (χ0) is 18.6. The summed E-state index contributed by atoms with van der Waals surface area (Å²) < 4.78 is 18.9. The highest BCUT2D eigenvalue weighted by Crippen LogP contribution is 2.26. The molecule has 4 rings (SSSR count). The van der Waals surface area contributed by atoms with Crippen LogP contribution in [0.3, 0.4) is 0 Å². The number of nitrogens with zero attached hydrogens (tertiary/aromatic N) is 2. The van der Waals surface area contributed by atoms with E-state index in [4.69, 9.17) is 4.74 Å². The van der Waals surface area contributed by atoms with Crippen LogP contribution in [0.1, 0.15) is 17.5 Å². The van der Waals surface area contributed by atoms with E-state index in [0.717, 1.165) is 44.0 Å². The summed E-state index contributed by atoms with van der Waals surface area (Å²) in [4.78, 5) is 4.51. The SMILES string of the molecule is O[C@H](COc1ccc2c(c1)CCC2)CN1CCN(c2ccc(F)cc2)CC1. The van der Waals surface area contributed by atoms with Gasteiger partial charge in [0.25, 0.3) is 0 Å². The summed E-state index contributed by atoms with van der Waals surface area (Å²) in [6, 6.07) is 12.9. The summed E-state index contributed by atoms with van der Waals surface area (Å²) >= 11 is 0. The maximum atomic E-state index is 13.1. The van der Waals surface area contributed by atoms with Crippen molar-refractivity contribution in [2.45, 2.75) is 25.4 Å². The molecule has 1 aliphatic heterocycles. The minimum Gasteiger partial charge on any atom is -0.491 e. The van der Waals surface area contributed by atoms with E-state index in [2.05, 4.69) is 21.9 Å². The Balaban J connectivity index is 1.21. The van der Waals surface area contributed by atoms with Crippen molar-refractivity contribution >= 4 is 5.69 Å². The second-order valence-corrected chi connectivity index (χ2v) is 7.51. The van der Waals surface area contributed by atoms with E-state index in [1.807, 2.05) is 18.2 Å². The van der Waals surface area contributed by atoms with Crippen molar-refractivity contribution in [3.63, 3.8) is 0 Å². The van der Waals surface area contributed by atoms with E-state index in [-0.39, 0.29) is 5.82 Å². The predicted octanol–water partition coefficient (Wildman–Crippen LogP) is 2.88. The van der Waals surface area contributed by atoms with Crippen molar-refractivity contribution in [3.8, 4) is 5.75 Å². The molecule has 2 aliphatic rings. The van der Waals surface area contributed by atoms with Gasteiger partial charge in [-0.3, -0.25) is 4.90 Å². The molecule has 0 spiro atoms. The first-order valence-corrected chi connectivity index (χ1v) is 9.83. The monoisotopic (exact) mass is 370 g/mol. The molecule has 1 fully saturated rings. The van der Waals surface area contributed by atoms with Crippen LogP contribution in [0.15, 0.2) is 42.5 Å². The highest BCUT2D eigenvalue weighted by Gasteiger charge is 2.20. The number of aryl methyl sites for hydroxylation is 2. The second kappa shape index (κ2) is 8.28. The van der Waals surface area contributed by atoms with Crippen LogP contribution in [-0.2, 0) is 12.8 Å². The number of halogens is 1. The first-order valence-electron chi connectivity index (χ1n) is 9.83. The molecule has 1 aliphatic carbocycles. The average Bonchev–Trinajstić information content (AvgIpc) is 3.15. The van der Waals surface area contributed by atoms with Gasteiger partial charge in [0.1, 0.15) is 24.3 Å². The molecule has 0 saturated carbocycles. The highest BCUT2D eigenvalue weighted by atomic mass is 19.1. The fourth-order valence-electron chi connectivity index (χ4n) is 4.02. The van der Waals surface area contributed by atoms with E-state index in [0.29, 0.717) is 13.2 Å². The third kappa shape index (κ3) is 4.60. The van der Waals surface area contributed by atoms with Crippen molar-refractivity contribution in [2.75, 3.05) is 44.2 Å². The van der Waals surface area contributed by atoms with Crippen molar-refractivity contribution in [2.24, 2.45) is 0 Å². The van der Waals surface area contributed by atoms with E-state index in [1.165, 1.54) is 36.1 Å². The lowest BCUT2D eigenvalue weighted by Gasteiger charge is -2.36. The summed E-state index contributed by atoms with van der Waals surface area (Å²) in [7, 11) is 0. The molecule has 1 saturated heterocycles. The normalized spacial score (nSPS) is 18.4. The number of piperazine rings is 1. The standard InChI is InChI=1S/C22H27FN2O2/c23-19-5-7-20(8-6-19)25-12-10-24(11-13-25)15-21(26)16-27-22-9-4-17-2-1-3-18(17)14-22/h4-9,14,21,26H,1-3,10-13,15-16H2/t21-/m0/s1. The van der Waals surface area contributed by atoms with Gasteiger partial charge in [-0.1, -0.05) is 6.07 Å². The number of ether oxygens (including phenoxy) is 1. The molecule has 2 aromatic rings. The molecule has 1 N–H and O–H groups in total. The fourth-order valence-corrected chi connectivity index (χ4v) is 4.02. The van der Waals surface area contributed by atoms with Gasteiger partial charge in [-0.15, -0.1) is 0 Å². The predicted molar refractivity (Wildman–Crippen MR) is 105 cm³/mol. The van der Waals surface area contributed by atoms with Gasteiger partial charge in [-0.2, -0.15) is 0 Å². The second-order valence-electron chi connectivity index (χ2n) is 7.51. The maximum absolute atomic E-state index is 13.1. The van der Waals surface area contributed by atoms with Crippen molar-refractivity contribution in [1.82, 2.24) is 4.90 Å². The molecule has 1 heterocycles. The van der Waals surface area contributed by atoms with Gasteiger partial charge in [0.2, 0.25) is 0 Å². The Morgan fingerprint density at radius 3 is 2.48 bits per heavy atom. The van der Waals surface area contributed by atoms with E-state index in [1.54, 1.807) is 0 Å². The zero-order valence-electron chi connectivity index (χ0n) is 15.6. The summed E-state index contributed by atoms with van der Waals surface area (Å²) in [5.74, 6) is 0.653. The third-order valence-corrected chi connectivity index (χ3v) is 5.55. The van der Waals surface area contributed by atoms with Gasteiger partial charge >= 0.3 is 0 Å². The molecule has 4 nitrogen and oxygen atoms in total.